The van der Waals surface area contributed by atoms with Gasteiger partial charge in [0.15, 0.2) is 28.8 Å². The molecule has 1 aliphatic carbocycles. The molecule has 1 aliphatic heterocycles. The van der Waals surface area contributed by atoms with Crippen molar-refractivity contribution in [3.63, 3.8) is 0 Å². The van der Waals surface area contributed by atoms with E-state index in [2.05, 4.69) is 5.32 Å². The van der Waals surface area contributed by atoms with E-state index in [1.165, 1.54) is 7.11 Å². The number of allylic oxidation sites excluding steroid dienone is 3. The van der Waals surface area contributed by atoms with Gasteiger partial charge in [-0.2, -0.15) is 0 Å². The van der Waals surface area contributed by atoms with Gasteiger partial charge in [0.1, 0.15) is 0 Å². The van der Waals surface area contributed by atoms with Crippen LogP contribution in [0, 0.1) is 0 Å². The van der Waals surface area contributed by atoms with Gasteiger partial charge < -0.3 is 29.4 Å². The second-order valence-electron chi connectivity index (χ2n) is 9.69. The Morgan fingerprint density at radius 2 is 1.66 bits per heavy atom. The van der Waals surface area contributed by atoms with E-state index in [0.717, 1.165) is 11.3 Å². The molecule has 3 atom stereocenters. The summed E-state index contributed by atoms with van der Waals surface area (Å²) in [6.07, 6.45) is 1.22. The number of aromatic hydroxyl groups is 1. The lowest BCUT2D eigenvalue weighted by atomic mass is 9.71. The van der Waals surface area contributed by atoms with Crippen LogP contribution in [-0.2, 0) is 14.3 Å². The number of Topliss-reactive ketones (excluding diaryl/α,β-unsaturated/α-hetero) is 1. The molecule has 2 aliphatic rings. The summed E-state index contributed by atoms with van der Waals surface area (Å²) in [6.45, 7) is 5.59. The van der Waals surface area contributed by atoms with Gasteiger partial charge in [0.2, 0.25) is 0 Å². The van der Waals surface area contributed by atoms with E-state index in [1.54, 1.807) is 32.4 Å². The van der Waals surface area contributed by atoms with Gasteiger partial charge >= 0.3 is 5.97 Å². The molecule has 2 aromatic rings. The smallest absolute Gasteiger partial charge is 0.337 e. The number of benzene rings is 2. The molecule has 4 rings (SSSR count). The molecule has 0 fully saturated rings. The zero-order chi connectivity index (χ0) is 27.6. The van der Waals surface area contributed by atoms with Gasteiger partial charge in [-0.05, 0) is 68.0 Å². The summed E-state index contributed by atoms with van der Waals surface area (Å²) in [5, 5.41) is 13.9. The Hall–Kier alpha value is -3.94. The van der Waals surface area contributed by atoms with Crippen LogP contribution >= 0.6 is 0 Å². The SMILES string of the molecule is CCC(C)OC(=O)C1=C(C)NC2=C(C(=O)CC(c3ccc(OC)c(OC)c3)C2)C1c1ccc(OC)c(O)c1. The lowest BCUT2D eigenvalue weighted by Gasteiger charge is -2.37. The third-order valence-electron chi connectivity index (χ3n) is 7.35. The Morgan fingerprint density at radius 3 is 2.29 bits per heavy atom. The molecule has 0 radical (unpaired) electrons. The van der Waals surface area contributed by atoms with E-state index in [1.807, 2.05) is 39.0 Å². The number of carbonyl (C=O) groups excluding carboxylic acids is 2. The summed E-state index contributed by atoms with van der Waals surface area (Å²) in [5.41, 5.74) is 3.86. The number of dihydropyridines is 1. The lowest BCUT2D eigenvalue weighted by Crippen LogP contribution is -2.36. The molecule has 0 amide bonds. The molecule has 0 aromatic heterocycles. The first-order valence-electron chi connectivity index (χ1n) is 12.8. The lowest BCUT2D eigenvalue weighted by molar-refractivity contribution is -0.144. The van der Waals surface area contributed by atoms with Crippen LogP contribution in [0.15, 0.2) is 58.9 Å². The molecule has 0 bridgehead atoms. The van der Waals surface area contributed by atoms with E-state index in [4.69, 9.17) is 18.9 Å². The van der Waals surface area contributed by atoms with Crippen molar-refractivity contribution in [2.45, 2.75) is 58.0 Å². The average molecular weight is 522 g/mol. The topological polar surface area (TPSA) is 103 Å². The zero-order valence-corrected chi connectivity index (χ0v) is 22.7. The quantitative estimate of drug-likeness (QED) is 0.462. The number of nitrogens with one attached hydrogen (secondary N) is 1. The van der Waals surface area contributed by atoms with Crippen LogP contribution in [0.2, 0.25) is 0 Å². The Balaban J connectivity index is 1.79. The molecule has 1 heterocycles. The van der Waals surface area contributed by atoms with E-state index in [9.17, 15) is 14.7 Å². The number of rotatable bonds is 8. The first-order valence-corrected chi connectivity index (χ1v) is 12.8. The number of hydrogen-bond acceptors (Lipinski definition) is 8. The second-order valence-corrected chi connectivity index (χ2v) is 9.69. The number of phenolic OH excluding ortho intramolecular Hbond substituents is 1. The van der Waals surface area contributed by atoms with Gasteiger partial charge in [-0.1, -0.05) is 19.1 Å². The van der Waals surface area contributed by atoms with Gasteiger partial charge in [-0.25, -0.2) is 4.79 Å². The first-order chi connectivity index (χ1) is 18.2. The van der Waals surface area contributed by atoms with Gasteiger partial charge in [0, 0.05) is 29.3 Å². The summed E-state index contributed by atoms with van der Waals surface area (Å²) in [4.78, 5) is 27.2. The number of esters is 1. The third kappa shape index (κ3) is 5.08. The normalized spacial score (nSPS) is 19.9. The minimum atomic E-state index is -0.682. The van der Waals surface area contributed by atoms with Crippen molar-refractivity contribution in [2.75, 3.05) is 21.3 Å². The number of hydrogen-bond donors (Lipinski definition) is 2. The molecule has 8 nitrogen and oxygen atoms in total. The summed E-state index contributed by atoms with van der Waals surface area (Å²) in [7, 11) is 4.64. The maximum Gasteiger partial charge on any atom is 0.337 e. The minimum absolute atomic E-state index is 0.0653. The molecule has 2 aromatic carbocycles. The summed E-state index contributed by atoms with van der Waals surface area (Å²) < 4.78 is 21.8. The fourth-order valence-electron chi connectivity index (χ4n) is 5.20. The monoisotopic (exact) mass is 521 g/mol. The predicted octanol–water partition coefficient (Wildman–Crippen LogP) is 5.12. The van der Waals surface area contributed by atoms with Crippen LogP contribution in [-0.4, -0.2) is 44.3 Å². The number of methoxy groups -OCH3 is 3. The van der Waals surface area contributed by atoms with Crippen molar-refractivity contribution < 1.29 is 33.6 Å². The molecular formula is C30H35NO7. The Labute approximate surface area is 223 Å². The van der Waals surface area contributed by atoms with Gasteiger partial charge in [0.25, 0.3) is 0 Å². The molecule has 0 saturated heterocycles. The van der Waals surface area contributed by atoms with Crippen LogP contribution < -0.4 is 19.5 Å². The van der Waals surface area contributed by atoms with Crippen molar-refractivity contribution >= 4 is 11.8 Å². The number of ether oxygens (including phenoxy) is 4. The largest absolute Gasteiger partial charge is 0.504 e. The number of ketones is 1. The molecule has 3 unspecified atom stereocenters. The summed E-state index contributed by atoms with van der Waals surface area (Å²) in [6, 6.07) is 10.7. The van der Waals surface area contributed by atoms with Crippen LogP contribution in [0.25, 0.3) is 0 Å². The van der Waals surface area contributed by atoms with Crippen LogP contribution in [0.1, 0.15) is 63.0 Å². The molecule has 0 spiro atoms. The van der Waals surface area contributed by atoms with Crippen molar-refractivity contribution in [1.29, 1.82) is 0 Å². The first kappa shape index (κ1) is 27.1. The van der Waals surface area contributed by atoms with E-state index >= 15 is 0 Å². The van der Waals surface area contributed by atoms with Gasteiger partial charge in [-0.15, -0.1) is 0 Å². The second kappa shape index (κ2) is 11.2. The Bertz CT molecular complexity index is 1310. The highest BCUT2D eigenvalue weighted by Gasteiger charge is 2.42. The number of carbonyl (C=O) groups is 2. The third-order valence-corrected chi connectivity index (χ3v) is 7.35. The fourth-order valence-corrected chi connectivity index (χ4v) is 5.20. The highest BCUT2D eigenvalue weighted by atomic mass is 16.5. The van der Waals surface area contributed by atoms with Crippen LogP contribution in [0.3, 0.4) is 0 Å². The highest BCUT2D eigenvalue weighted by Crippen LogP contribution is 2.47. The average Bonchev–Trinajstić information content (AvgIpc) is 2.91. The fraction of sp³-hybridized carbons (Fsp3) is 0.400. The molecule has 8 heteroatoms. The van der Waals surface area contributed by atoms with Crippen molar-refractivity contribution in [1.82, 2.24) is 5.32 Å². The molecule has 202 valence electrons. The zero-order valence-electron chi connectivity index (χ0n) is 22.7. The predicted molar refractivity (Wildman–Crippen MR) is 143 cm³/mol. The maximum atomic E-state index is 13.8. The molecule has 0 saturated carbocycles. The van der Waals surface area contributed by atoms with Crippen LogP contribution in [0.4, 0.5) is 0 Å². The summed E-state index contributed by atoms with van der Waals surface area (Å²) in [5.74, 6) is 0.155. The standard InChI is InChI=1S/C30H35NO7/c1-7-16(2)38-30(34)27-17(3)31-21-12-20(18-8-11-25(36-5)26(15-18)37-6)14-23(33)29(21)28(27)19-9-10-24(35-4)22(32)13-19/h8-11,13,15-16,20,28,31-32H,7,12,14H2,1-6H3. The van der Waals surface area contributed by atoms with Gasteiger partial charge in [0.05, 0.1) is 33.0 Å². The van der Waals surface area contributed by atoms with E-state index in [-0.39, 0.29) is 30.0 Å². The maximum absolute atomic E-state index is 13.8. The minimum Gasteiger partial charge on any atom is -0.504 e. The summed E-state index contributed by atoms with van der Waals surface area (Å²) >= 11 is 0. The molecular weight excluding hydrogens is 486 g/mol. The van der Waals surface area contributed by atoms with E-state index in [0.29, 0.717) is 52.5 Å². The highest BCUT2D eigenvalue weighted by molar-refractivity contribution is 6.04. The van der Waals surface area contributed by atoms with Crippen LogP contribution in [0.5, 0.6) is 23.0 Å². The Morgan fingerprint density at radius 1 is 1.00 bits per heavy atom. The van der Waals surface area contributed by atoms with Gasteiger partial charge in [-0.3, -0.25) is 4.79 Å². The van der Waals surface area contributed by atoms with Crippen molar-refractivity contribution in [3.05, 3.63) is 70.1 Å². The van der Waals surface area contributed by atoms with Crippen molar-refractivity contribution in [3.8, 4) is 23.0 Å². The van der Waals surface area contributed by atoms with E-state index < -0.39 is 11.9 Å². The Kier molecular flexibility index (Phi) is 7.99. The number of phenols is 1. The molecule has 38 heavy (non-hydrogen) atoms. The molecule has 2 N–H and O–H groups in total. The van der Waals surface area contributed by atoms with Crippen molar-refractivity contribution in [2.24, 2.45) is 0 Å².